The van der Waals surface area contributed by atoms with Gasteiger partial charge in [0.25, 0.3) is 21.9 Å². The molecule has 3 rings (SSSR count). The number of carbonyl (C=O) groups excluding carboxylic acids is 2. The molecule has 7 nitrogen and oxygen atoms in total. The van der Waals surface area contributed by atoms with Crippen LogP contribution in [0.5, 0.6) is 0 Å². The quantitative estimate of drug-likeness (QED) is 0.604. The molecule has 2 amide bonds. The van der Waals surface area contributed by atoms with E-state index in [1.54, 1.807) is 24.3 Å². The van der Waals surface area contributed by atoms with E-state index in [4.69, 9.17) is 4.18 Å². The van der Waals surface area contributed by atoms with Gasteiger partial charge in [-0.1, -0.05) is 29.8 Å². The van der Waals surface area contributed by atoms with E-state index in [0.29, 0.717) is 0 Å². The van der Waals surface area contributed by atoms with Crippen LogP contribution in [0.2, 0.25) is 0 Å². The molecule has 0 saturated heterocycles. The van der Waals surface area contributed by atoms with Gasteiger partial charge in [0.05, 0.1) is 35.3 Å². The molecule has 0 saturated carbocycles. The van der Waals surface area contributed by atoms with Crippen LogP contribution in [-0.4, -0.2) is 49.5 Å². The number of aryl methyl sites for hydroxylation is 1. The topological polar surface area (TPSA) is 101 Å². The van der Waals surface area contributed by atoms with Gasteiger partial charge in [0.2, 0.25) is 0 Å². The van der Waals surface area contributed by atoms with E-state index in [1.807, 2.05) is 6.92 Å². The number of hydrogen-bond acceptors (Lipinski definition) is 6. The second-order valence-electron chi connectivity index (χ2n) is 5.91. The highest BCUT2D eigenvalue weighted by Crippen LogP contribution is 2.25. The van der Waals surface area contributed by atoms with E-state index in [-0.39, 0.29) is 16.0 Å². The first-order valence-corrected chi connectivity index (χ1v) is 9.30. The van der Waals surface area contributed by atoms with Crippen LogP contribution in [0.25, 0.3) is 0 Å². The van der Waals surface area contributed by atoms with Crippen LogP contribution in [0.15, 0.2) is 53.4 Å². The van der Waals surface area contributed by atoms with E-state index in [0.717, 1.165) is 10.5 Å². The summed E-state index contributed by atoms with van der Waals surface area (Å²) in [7, 11) is -4.07. The van der Waals surface area contributed by atoms with Crippen LogP contribution in [0, 0.1) is 6.92 Å². The number of aliphatic hydroxyl groups is 1. The third-order valence-corrected chi connectivity index (χ3v) is 5.42. The zero-order valence-corrected chi connectivity index (χ0v) is 14.8. The second kappa shape index (κ2) is 6.99. The van der Waals surface area contributed by atoms with Gasteiger partial charge in [0.15, 0.2) is 0 Å². The Morgan fingerprint density at radius 1 is 1.00 bits per heavy atom. The lowest BCUT2D eigenvalue weighted by Gasteiger charge is -2.23. The molecule has 0 aromatic heterocycles. The van der Waals surface area contributed by atoms with Crippen LogP contribution in [-0.2, 0) is 14.3 Å². The van der Waals surface area contributed by atoms with Gasteiger partial charge >= 0.3 is 0 Å². The zero-order valence-electron chi connectivity index (χ0n) is 14.0. The predicted molar refractivity (Wildman–Crippen MR) is 92.1 cm³/mol. The SMILES string of the molecule is Cc1ccc(S(=O)(=O)OCC(CO)N2C(=O)c3ccccc3C2=O)cc1. The predicted octanol–water partition coefficient (Wildman–Crippen LogP) is 1.36. The fourth-order valence-corrected chi connectivity index (χ4v) is 3.63. The average molecular weight is 375 g/mol. The molecule has 2 aromatic carbocycles. The molecule has 1 unspecified atom stereocenters. The molecule has 26 heavy (non-hydrogen) atoms. The molecular weight excluding hydrogens is 358 g/mol. The zero-order chi connectivity index (χ0) is 18.9. The average Bonchev–Trinajstić information content (AvgIpc) is 2.88. The first-order valence-electron chi connectivity index (χ1n) is 7.89. The van der Waals surface area contributed by atoms with E-state index >= 15 is 0 Å². The Bertz CT molecular complexity index is 917. The summed E-state index contributed by atoms with van der Waals surface area (Å²) in [6, 6.07) is 11.2. The van der Waals surface area contributed by atoms with Crippen LogP contribution in [0.1, 0.15) is 26.3 Å². The summed E-state index contributed by atoms with van der Waals surface area (Å²) in [6.07, 6.45) is 0. The maximum atomic E-state index is 12.4. The minimum atomic E-state index is -4.07. The molecule has 8 heteroatoms. The van der Waals surface area contributed by atoms with E-state index < -0.39 is 41.2 Å². The van der Waals surface area contributed by atoms with Crippen molar-refractivity contribution in [3.8, 4) is 0 Å². The Labute approximate surface area is 150 Å². The number of fused-ring (bicyclic) bond motifs is 1. The van der Waals surface area contributed by atoms with E-state index in [9.17, 15) is 23.1 Å². The van der Waals surface area contributed by atoms with Crippen LogP contribution in [0.4, 0.5) is 0 Å². The molecule has 1 N–H and O–H groups in total. The molecule has 0 bridgehead atoms. The standard InChI is InChI=1S/C18H17NO6S/c1-12-6-8-14(9-7-12)26(23,24)25-11-13(10-20)19-17(21)15-4-2-3-5-16(15)18(19)22/h2-9,13,20H,10-11H2,1H3. The Morgan fingerprint density at radius 2 is 1.54 bits per heavy atom. The first kappa shape index (κ1) is 18.2. The third kappa shape index (κ3) is 3.26. The molecule has 1 aliphatic rings. The molecule has 136 valence electrons. The van der Waals surface area contributed by atoms with Crippen LogP contribution in [0.3, 0.4) is 0 Å². The summed E-state index contributed by atoms with van der Waals surface area (Å²) >= 11 is 0. The Kier molecular flexibility index (Phi) is 4.90. The van der Waals surface area contributed by atoms with Crippen molar-refractivity contribution in [2.75, 3.05) is 13.2 Å². The number of carbonyl (C=O) groups is 2. The lowest BCUT2D eigenvalue weighted by atomic mass is 10.1. The Balaban J connectivity index is 1.78. The minimum absolute atomic E-state index is 0.0397. The van der Waals surface area contributed by atoms with E-state index in [2.05, 4.69) is 0 Å². The summed E-state index contributed by atoms with van der Waals surface area (Å²) in [6.45, 7) is 0.675. The van der Waals surface area contributed by atoms with Crippen molar-refractivity contribution < 1.29 is 27.3 Å². The first-order chi connectivity index (χ1) is 12.3. The summed E-state index contributed by atoms with van der Waals surface area (Å²) < 4.78 is 29.5. The van der Waals surface area contributed by atoms with Crippen molar-refractivity contribution >= 4 is 21.9 Å². The van der Waals surface area contributed by atoms with Crippen molar-refractivity contribution in [2.24, 2.45) is 0 Å². The Morgan fingerprint density at radius 3 is 2.04 bits per heavy atom. The van der Waals surface area contributed by atoms with Crippen LogP contribution < -0.4 is 0 Å². The fourth-order valence-electron chi connectivity index (χ4n) is 2.69. The smallest absolute Gasteiger partial charge is 0.297 e. The van der Waals surface area contributed by atoms with Gasteiger partial charge in [-0.25, -0.2) is 0 Å². The van der Waals surface area contributed by atoms with Gasteiger partial charge in [-0.3, -0.25) is 18.7 Å². The Hall–Kier alpha value is -2.55. The van der Waals surface area contributed by atoms with Gasteiger partial charge < -0.3 is 5.11 Å². The molecule has 0 spiro atoms. The molecule has 0 radical (unpaired) electrons. The number of hydrogen-bond donors (Lipinski definition) is 1. The number of aliphatic hydroxyl groups excluding tert-OH is 1. The lowest BCUT2D eigenvalue weighted by Crippen LogP contribution is -2.45. The van der Waals surface area contributed by atoms with Crippen molar-refractivity contribution in [3.63, 3.8) is 0 Å². The van der Waals surface area contributed by atoms with E-state index in [1.165, 1.54) is 24.3 Å². The number of benzene rings is 2. The van der Waals surface area contributed by atoms with Crippen molar-refractivity contribution in [3.05, 3.63) is 65.2 Å². The number of rotatable bonds is 6. The normalized spacial score (nSPS) is 15.2. The monoisotopic (exact) mass is 375 g/mol. The molecular formula is C18H17NO6S. The summed E-state index contributed by atoms with van der Waals surface area (Å²) in [4.78, 5) is 25.7. The molecule has 0 aliphatic carbocycles. The second-order valence-corrected chi connectivity index (χ2v) is 7.53. The fraction of sp³-hybridized carbons (Fsp3) is 0.222. The van der Waals surface area contributed by atoms with Gasteiger partial charge in [0, 0.05) is 0 Å². The van der Waals surface area contributed by atoms with Crippen molar-refractivity contribution in [1.29, 1.82) is 0 Å². The summed E-state index contributed by atoms with van der Waals surface area (Å²) in [5.41, 5.74) is 1.33. The van der Waals surface area contributed by atoms with Gasteiger partial charge in [-0.15, -0.1) is 0 Å². The maximum Gasteiger partial charge on any atom is 0.297 e. The van der Waals surface area contributed by atoms with Gasteiger partial charge in [0.1, 0.15) is 0 Å². The maximum absolute atomic E-state index is 12.4. The van der Waals surface area contributed by atoms with Gasteiger partial charge in [-0.2, -0.15) is 8.42 Å². The number of nitrogens with zero attached hydrogens (tertiary/aromatic N) is 1. The highest BCUT2D eigenvalue weighted by molar-refractivity contribution is 7.86. The van der Waals surface area contributed by atoms with Gasteiger partial charge in [-0.05, 0) is 31.2 Å². The molecule has 1 heterocycles. The number of imide groups is 1. The minimum Gasteiger partial charge on any atom is -0.394 e. The molecule has 0 fully saturated rings. The lowest BCUT2D eigenvalue weighted by molar-refractivity contribution is 0.0444. The highest BCUT2D eigenvalue weighted by Gasteiger charge is 2.40. The van der Waals surface area contributed by atoms with Crippen molar-refractivity contribution in [1.82, 2.24) is 4.90 Å². The highest BCUT2D eigenvalue weighted by atomic mass is 32.2. The van der Waals surface area contributed by atoms with Crippen LogP contribution >= 0.6 is 0 Å². The summed E-state index contributed by atoms with van der Waals surface area (Å²) in [5.74, 6) is -1.16. The molecule has 2 aromatic rings. The summed E-state index contributed by atoms with van der Waals surface area (Å²) in [5, 5.41) is 9.58. The third-order valence-electron chi connectivity index (χ3n) is 4.13. The number of amides is 2. The molecule has 1 atom stereocenters. The van der Waals surface area contributed by atoms with Crippen molar-refractivity contribution in [2.45, 2.75) is 17.9 Å². The largest absolute Gasteiger partial charge is 0.394 e. The molecule has 1 aliphatic heterocycles.